The largest absolute Gasteiger partial charge is 0.466 e. The van der Waals surface area contributed by atoms with E-state index in [1.165, 1.54) is 23.5 Å². The number of nitro benzene ring substituents is 1. The van der Waals surface area contributed by atoms with Gasteiger partial charge in [0, 0.05) is 30.6 Å². The van der Waals surface area contributed by atoms with E-state index in [1.54, 1.807) is 18.4 Å². The number of carbonyl (C=O) groups is 2. The molecule has 1 fully saturated rings. The van der Waals surface area contributed by atoms with Crippen molar-refractivity contribution < 1.29 is 19.2 Å². The quantitative estimate of drug-likeness (QED) is 0.428. The summed E-state index contributed by atoms with van der Waals surface area (Å²) in [5, 5.41) is 15.8. The van der Waals surface area contributed by atoms with Gasteiger partial charge in [0.05, 0.1) is 34.9 Å². The van der Waals surface area contributed by atoms with Crippen molar-refractivity contribution >= 4 is 39.7 Å². The van der Waals surface area contributed by atoms with Gasteiger partial charge in [-0.3, -0.25) is 25.0 Å². The first-order chi connectivity index (χ1) is 13.5. The van der Waals surface area contributed by atoms with E-state index in [0.717, 1.165) is 25.9 Å². The third-order valence-corrected chi connectivity index (χ3v) is 5.09. The Balaban J connectivity index is 1.79. The third-order valence-electron chi connectivity index (χ3n) is 4.29. The lowest BCUT2D eigenvalue weighted by molar-refractivity contribution is -0.384. The molecule has 9 nitrogen and oxygen atoms in total. The zero-order valence-corrected chi connectivity index (χ0v) is 16.2. The summed E-state index contributed by atoms with van der Waals surface area (Å²) < 4.78 is 4.88. The highest BCUT2D eigenvalue weighted by Gasteiger charge is 2.23. The Labute approximate surface area is 165 Å². The Morgan fingerprint density at radius 1 is 1.36 bits per heavy atom. The minimum absolute atomic E-state index is 0.0239. The zero-order valence-electron chi connectivity index (χ0n) is 15.3. The summed E-state index contributed by atoms with van der Waals surface area (Å²) in [7, 11) is 0. The van der Waals surface area contributed by atoms with E-state index in [1.807, 2.05) is 4.90 Å². The first kappa shape index (κ1) is 19.7. The number of hydrogen-bond donors (Lipinski definition) is 1. The number of non-ortho nitro benzene ring substituents is 1. The van der Waals surface area contributed by atoms with Crippen LogP contribution in [0, 0.1) is 10.1 Å². The first-order valence-electron chi connectivity index (χ1n) is 8.92. The molecule has 10 heteroatoms. The molecule has 0 radical (unpaired) electrons. The van der Waals surface area contributed by atoms with Crippen molar-refractivity contribution in [2.45, 2.75) is 26.2 Å². The summed E-state index contributed by atoms with van der Waals surface area (Å²) in [6.45, 7) is 3.62. The smallest absolute Gasteiger partial charge is 0.311 e. The highest BCUT2D eigenvalue weighted by Crippen LogP contribution is 2.29. The molecule has 0 atom stereocenters. The molecule has 1 aromatic carbocycles. The van der Waals surface area contributed by atoms with Crippen LogP contribution in [-0.4, -0.2) is 41.5 Å². The molecule has 0 aliphatic carbocycles. The monoisotopic (exact) mass is 404 g/mol. The maximum absolute atomic E-state index is 12.8. The fraction of sp³-hybridized carbons (Fsp3) is 0.389. The van der Waals surface area contributed by atoms with Gasteiger partial charge in [0.2, 0.25) is 0 Å². The Kier molecular flexibility index (Phi) is 6.19. The lowest BCUT2D eigenvalue weighted by Crippen LogP contribution is -2.23. The van der Waals surface area contributed by atoms with E-state index in [-0.39, 0.29) is 23.6 Å². The minimum atomic E-state index is -0.522. The molecule has 1 aliphatic heterocycles. The fourth-order valence-electron chi connectivity index (χ4n) is 3.02. The molecule has 1 N–H and O–H groups in total. The molecule has 0 unspecified atom stereocenters. The Bertz CT molecular complexity index is 892. The van der Waals surface area contributed by atoms with Crippen molar-refractivity contribution in [3.05, 3.63) is 45.0 Å². The molecule has 0 spiro atoms. The highest BCUT2D eigenvalue weighted by molar-refractivity contribution is 7.14. The number of nitrogens with one attached hydrogen (secondary N) is 1. The average Bonchev–Trinajstić information content (AvgIpc) is 3.33. The van der Waals surface area contributed by atoms with Gasteiger partial charge in [-0.25, -0.2) is 4.98 Å². The highest BCUT2D eigenvalue weighted by atomic mass is 32.1. The number of hydrogen-bond acceptors (Lipinski definition) is 8. The molecule has 1 amide bonds. The van der Waals surface area contributed by atoms with Crippen molar-refractivity contribution in [2.24, 2.45) is 0 Å². The molecule has 3 rings (SSSR count). The predicted molar refractivity (Wildman–Crippen MR) is 105 cm³/mol. The maximum atomic E-state index is 12.8. The fourth-order valence-corrected chi connectivity index (χ4v) is 3.73. The second kappa shape index (κ2) is 8.79. The van der Waals surface area contributed by atoms with Crippen LogP contribution in [0.5, 0.6) is 0 Å². The summed E-state index contributed by atoms with van der Waals surface area (Å²) in [5.41, 5.74) is 1.26. The van der Waals surface area contributed by atoms with Gasteiger partial charge in [0.1, 0.15) is 0 Å². The number of nitro groups is 1. The van der Waals surface area contributed by atoms with E-state index in [2.05, 4.69) is 10.3 Å². The van der Waals surface area contributed by atoms with Crippen LogP contribution in [0.3, 0.4) is 0 Å². The lowest BCUT2D eigenvalue weighted by atomic mass is 10.1. The van der Waals surface area contributed by atoms with Crippen molar-refractivity contribution in [1.29, 1.82) is 0 Å². The second-order valence-electron chi connectivity index (χ2n) is 6.23. The van der Waals surface area contributed by atoms with E-state index < -0.39 is 10.8 Å². The summed E-state index contributed by atoms with van der Waals surface area (Å²) in [5.74, 6) is -0.858. The number of carbonyl (C=O) groups excluding carboxylic acids is 2. The second-order valence-corrected chi connectivity index (χ2v) is 7.09. The molecule has 0 bridgehead atoms. The number of thiazole rings is 1. The number of rotatable bonds is 7. The van der Waals surface area contributed by atoms with Crippen LogP contribution in [0.1, 0.15) is 35.8 Å². The number of ether oxygens (including phenoxy) is 1. The van der Waals surface area contributed by atoms with Gasteiger partial charge in [0.25, 0.3) is 11.6 Å². The zero-order chi connectivity index (χ0) is 20.1. The van der Waals surface area contributed by atoms with Crippen LogP contribution in [0.4, 0.5) is 16.5 Å². The van der Waals surface area contributed by atoms with Gasteiger partial charge in [-0.05, 0) is 25.8 Å². The number of aromatic nitrogens is 1. The van der Waals surface area contributed by atoms with Crippen LogP contribution in [0.25, 0.3) is 0 Å². The molecule has 0 saturated carbocycles. The standard InChI is InChI=1S/C18H20N4O5S/c1-2-27-16(23)9-12-11-28-18(19-12)20-17(24)14-10-13(22(25)26)5-6-15(14)21-7-3-4-8-21/h5-6,10-11H,2-4,7-9H2,1H3,(H,19,20,24). The first-order valence-corrected chi connectivity index (χ1v) is 9.80. The number of benzene rings is 1. The Hall–Kier alpha value is -3.01. The maximum Gasteiger partial charge on any atom is 0.311 e. The molecule has 1 aromatic heterocycles. The minimum Gasteiger partial charge on any atom is -0.466 e. The van der Waals surface area contributed by atoms with Crippen LogP contribution in [0.2, 0.25) is 0 Å². The molecule has 2 aromatic rings. The normalized spacial score (nSPS) is 13.4. The van der Waals surface area contributed by atoms with Gasteiger partial charge in [-0.1, -0.05) is 0 Å². The average molecular weight is 404 g/mol. The van der Waals surface area contributed by atoms with E-state index in [9.17, 15) is 19.7 Å². The van der Waals surface area contributed by atoms with Gasteiger partial charge in [-0.2, -0.15) is 0 Å². The van der Waals surface area contributed by atoms with Gasteiger partial charge < -0.3 is 9.64 Å². The number of anilines is 2. The van der Waals surface area contributed by atoms with Crippen LogP contribution >= 0.6 is 11.3 Å². The van der Waals surface area contributed by atoms with Crippen molar-refractivity contribution in [3.8, 4) is 0 Å². The van der Waals surface area contributed by atoms with Gasteiger partial charge in [-0.15, -0.1) is 11.3 Å². The number of nitrogens with zero attached hydrogens (tertiary/aromatic N) is 3. The molecule has 148 valence electrons. The summed E-state index contributed by atoms with van der Waals surface area (Å²) in [4.78, 5) is 41.2. The summed E-state index contributed by atoms with van der Waals surface area (Å²) in [6, 6.07) is 4.31. The van der Waals surface area contributed by atoms with Crippen molar-refractivity contribution in [2.75, 3.05) is 29.9 Å². The van der Waals surface area contributed by atoms with Gasteiger partial charge >= 0.3 is 5.97 Å². The van der Waals surface area contributed by atoms with E-state index in [0.29, 0.717) is 23.1 Å². The lowest BCUT2D eigenvalue weighted by Gasteiger charge is -2.20. The topological polar surface area (TPSA) is 115 Å². The van der Waals surface area contributed by atoms with Crippen LogP contribution < -0.4 is 10.2 Å². The van der Waals surface area contributed by atoms with Crippen LogP contribution in [0.15, 0.2) is 23.6 Å². The number of amides is 1. The molecular formula is C18H20N4O5S. The van der Waals surface area contributed by atoms with E-state index >= 15 is 0 Å². The van der Waals surface area contributed by atoms with E-state index in [4.69, 9.17) is 4.74 Å². The van der Waals surface area contributed by atoms with Gasteiger partial charge in [0.15, 0.2) is 5.13 Å². The van der Waals surface area contributed by atoms with Crippen molar-refractivity contribution in [3.63, 3.8) is 0 Å². The number of esters is 1. The molecular weight excluding hydrogens is 384 g/mol. The Morgan fingerprint density at radius 3 is 2.79 bits per heavy atom. The SMILES string of the molecule is CCOC(=O)Cc1csc(NC(=O)c2cc([N+](=O)[O-])ccc2N2CCCC2)n1. The Morgan fingerprint density at radius 2 is 2.11 bits per heavy atom. The van der Waals surface area contributed by atoms with Crippen molar-refractivity contribution in [1.82, 2.24) is 4.98 Å². The molecule has 1 aliphatic rings. The third kappa shape index (κ3) is 4.63. The summed E-state index contributed by atoms with van der Waals surface area (Å²) >= 11 is 1.18. The summed E-state index contributed by atoms with van der Waals surface area (Å²) in [6.07, 6.45) is 2.06. The predicted octanol–water partition coefficient (Wildman–Crippen LogP) is 3.01. The molecule has 2 heterocycles. The molecule has 1 saturated heterocycles. The van der Waals surface area contributed by atoms with Crippen LogP contribution in [-0.2, 0) is 16.0 Å². The molecule has 28 heavy (non-hydrogen) atoms.